The van der Waals surface area contributed by atoms with E-state index < -0.39 is 17.9 Å². The molecule has 2 atom stereocenters. The maximum Gasteiger partial charge on any atom is 0.326 e. The molecule has 0 heterocycles. The highest BCUT2D eigenvalue weighted by atomic mass is 16.5. The number of hydrogen-bond acceptors (Lipinski definition) is 6. The predicted molar refractivity (Wildman–Crippen MR) is 57.6 cm³/mol. The minimum atomic E-state index is -2.02. The fourth-order valence-corrected chi connectivity index (χ4v) is 0.974. The molecule has 0 saturated carbocycles. The van der Waals surface area contributed by atoms with Crippen LogP contribution < -0.4 is 16.6 Å². The zero-order chi connectivity index (χ0) is 13.3. The molecule has 2 amide bonds. The first-order chi connectivity index (χ1) is 8.02. The zero-order valence-corrected chi connectivity index (χ0v) is 9.51. The van der Waals surface area contributed by atoms with Crippen LogP contribution in [0.25, 0.3) is 0 Å². The van der Waals surface area contributed by atoms with Gasteiger partial charge in [-0.15, -0.1) is 0 Å². The van der Waals surface area contributed by atoms with Crippen LogP contribution in [0.1, 0.15) is 19.8 Å². The normalized spacial score (nSPS) is 15.6. The number of aliphatic hydroxyl groups excluding tert-OH is 1. The maximum absolute atomic E-state index is 10.9. The number of hydrogen-bond donors (Lipinski definition) is 4. The van der Waals surface area contributed by atoms with Gasteiger partial charge in [0.05, 0.1) is 0 Å². The van der Waals surface area contributed by atoms with E-state index in [9.17, 15) is 19.5 Å². The van der Waals surface area contributed by atoms with Crippen molar-refractivity contribution in [3.8, 4) is 0 Å². The molecule has 2 unspecified atom stereocenters. The average Bonchev–Trinajstić information content (AvgIpc) is 2.32. The fraction of sp³-hybridized carbons (Fsp3) is 0.667. The Labute approximate surface area is 98.5 Å². The van der Waals surface area contributed by atoms with Crippen LogP contribution in [0.2, 0.25) is 0 Å². The molecular formula is C9H17N3O5. The number of ether oxygens (including phenoxy) is 1. The van der Waals surface area contributed by atoms with Gasteiger partial charge in [0, 0.05) is 6.61 Å². The highest BCUT2D eigenvalue weighted by Crippen LogP contribution is 2.09. The molecule has 0 bridgehead atoms. The van der Waals surface area contributed by atoms with Crippen molar-refractivity contribution in [1.82, 2.24) is 10.9 Å². The summed E-state index contributed by atoms with van der Waals surface area (Å²) in [6.45, 7) is 2.03. The van der Waals surface area contributed by atoms with E-state index in [1.54, 1.807) is 0 Å². The summed E-state index contributed by atoms with van der Waals surface area (Å²) in [5.74, 6) is 0. The Bertz CT molecular complexity index is 273. The Morgan fingerprint density at radius 3 is 2.65 bits per heavy atom. The first-order valence-electron chi connectivity index (χ1n) is 5.08. The van der Waals surface area contributed by atoms with Crippen LogP contribution in [0.4, 0.5) is 4.79 Å². The van der Waals surface area contributed by atoms with Crippen molar-refractivity contribution < 1.29 is 24.2 Å². The lowest BCUT2D eigenvalue weighted by molar-refractivity contribution is -0.165. The number of carbonyl (C=O) groups is 3. The van der Waals surface area contributed by atoms with Gasteiger partial charge < -0.3 is 20.4 Å². The van der Waals surface area contributed by atoms with E-state index in [0.29, 0.717) is 6.42 Å². The van der Waals surface area contributed by atoms with Crippen LogP contribution in [0.15, 0.2) is 0 Å². The average molecular weight is 247 g/mol. The molecule has 0 aromatic carbocycles. The number of amides is 2. The summed E-state index contributed by atoms with van der Waals surface area (Å²) in [6.07, 6.45) is -0.0219. The van der Waals surface area contributed by atoms with E-state index in [2.05, 4.69) is 5.43 Å². The fourth-order valence-electron chi connectivity index (χ4n) is 0.974. The van der Waals surface area contributed by atoms with Gasteiger partial charge in [0.2, 0.25) is 5.72 Å². The molecule has 0 aromatic rings. The lowest BCUT2D eigenvalue weighted by Crippen LogP contribution is -2.64. The second kappa shape index (κ2) is 7.71. The summed E-state index contributed by atoms with van der Waals surface area (Å²) in [4.78, 5) is 32.0. The minimum Gasteiger partial charge on any atom is -0.381 e. The molecule has 8 nitrogen and oxygen atoms in total. The number of carbonyl (C=O) groups excluding carboxylic acids is 3. The van der Waals surface area contributed by atoms with E-state index in [0.717, 1.165) is 6.42 Å². The third kappa shape index (κ3) is 4.89. The SMILES string of the molecule is CCCCOC(C=O)(NNC(N)=O)C(O)C=O. The molecule has 0 saturated heterocycles. The molecule has 0 spiro atoms. The van der Waals surface area contributed by atoms with Crippen molar-refractivity contribution in [1.29, 1.82) is 0 Å². The van der Waals surface area contributed by atoms with Gasteiger partial charge in [-0.2, -0.15) is 5.43 Å². The number of urea groups is 1. The summed E-state index contributed by atoms with van der Waals surface area (Å²) in [6, 6.07) is -0.978. The third-order valence-electron chi connectivity index (χ3n) is 1.96. The van der Waals surface area contributed by atoms with Crippen molar-refractivity contribution in [3.05, 3.63) is 0 Å². The molecule has 0 radical (unpaired) electrons. The molecule has 5 N–H and O–H groups in total. The standard InChI is InChI=1S/C9H17N3O5/c1-2-3-4-17-9(6-14,7(15)5-13)12-11-8(10)16/h5-7,12,15H,2-4H2,1H3,(H3,10,11,16). The van der Waals surface area contributed by atoms with Crippen LogP contribution >= 0.6 is 0 Å². The van der Waals surface area contributed by atoms with E-state index >= 15 is 0 Å². The van der Waals surface area contributed by atoms with E-state index in [-0.39, 0.29) is 19.2 Å². The Kier molecular flexibility index (Phi) is 7.03. The Morgan fingerprint density at radius 1 is 1.59 bits per heavy atom. The first kappa shape index (κ1) is 15.5. The highest BCUT2D eigenvalue weighted by molar-refractivity contribution is 5.75. The minimum absolute atomic E-state index is 0.121. The quantitative estimate of drug-likeness (QED) is 0.168. The van der Waals surface area contributed by atoms with Gasteiger partial charge in [-0.25, -0.2) is 4.79 Å². The van der Waals surface area contributed by atoms with Crippen LogP contribution in [0.5, 0.6) is 0 Å². The van der Waals surface area contributed by atoms with E-state index in [4.69, 9.17) is 10.5 Å². The van der Waals surface area contributed by atoms with E-state index in [1.165, 1.54) is 0 Å². The molecule has 0 aliphatic carbocycles. The Hall–Kier alpha value is -1.51. The zero-order valence-electron chi connectivity index (χ0n) is 9.51. The number of rotatable bonds is 9. The second-order valence-corrected chi connectivity index (χ2v) is 3.31. The van der Waals surface area contributed by atoms with Gasteiger partial charge in [-0.05, 0) is 6.42 Å². The predicted octanol–water partition coefficient (Wildman–Crippen LogP) is -1.57. The summed E-state index contributed by atoms with van der Waals surface area (Å²) in [5.41, 5.74) is 6.76. The van der Waals surface area contributed by atoms with Gasteiger partial charge in [0.25, 0.3) is 0 Å². The van der Waals surface area contributed by atoms with Gasteiger partial charge in [0.1, 0.15) is 0 Å². The first-order valence-corrected chi connectivity index (χ1v) is 5.08. The van der Waals surface area contributed by atoms with Crippen molar-refractivity contribution in [3.63, 3.8) is 0 Å². The molecule has 0 aromatic heterocycles. The molecule has 8 heteroatoms. The summed E-state index contributed by atoms with van der Waals surface area (Å²) < 4.78 is 5.09. The lowest BCUT2D eigenvalue weighted by atomic mass is 10.1. The molecule has 98 valence electrons. The summed E-state index contributed by atoms with van der Waals surface area (Å²) in [7, 11) is 0. The van der Waals surface area contributed by atoms with Gasteiger partial charge in [0.15, 0.2) is 18.7 Å². The van der Waals surface area contributed by atoms with Gasteiger partial charge in [-0.3, -0.25) is 10.2 Å². The summed E-state index contributed by atoms with van der Waals surface area (Å²) in [5, 5.41) is 9.40. The van der Waals surface area contributed by atoms with Crippen molar-refractivity contribution in [2.45, 2.75) is 31.6 Å². The number of nitrogens with two attached hydrogens (primary N) is 1. The van der Waals surface area contributed by atoms with Crippen molar-refractivity contribution >= 4 is 18.6 Å². The van der Waals surface area contributed by atoms with Crippen LogP contribution in [-0.2, 0) is 14.3 Å². The van der Waals surface area contributed by atoms with Gasteiger partial charge in [-0.1, -0.05) is 13.3 Å². The number of aldehydes is 2. The number of primary amides is 1. The number of hydrazine groups is 1. The molecule has 0 aliphatic heterocycles. The molecule has 0 rings (SSSR count). The monoisotopic (exact) mass is 247 g/mol. The largest absolute Gasteiger partial charge is 0.381 e. The lowest BCUT2D eigenvalue weighted by Gasteiger charge is -2.30. The number of nitrogens with one attached hydrogen (secondary N) is 2. The highest BCUT2D eigenvalue weighted by Gasteiger charge is 2.39. The summed E-state index contributed by atoms with van der Waals surface area (Å²) >= 11 is 0. The molecule has 0 aliphatic rings. The Morgan fingerprint density at radius 2 is 2.24 bits per heavy atom. The molecular weight excluding hydrogens is 230 g/mol. The smallest absolute Gasteiger partial charge is 0.326 e. The second-order valence-electron chi connectivity index (χ2n) is 3.31. The van der Waals surface area contributed by atoms with Crippen LogP contribution in [-0.4, -0.2) is 42.1 Å². The maximum atomic E-state index is 10.9. The van der Waals surface area contributed by atoms with E-state index in [1.807, 2.05) is 12.3 Å². The number of aliphatic hydroxyl groups is 1. The van der Waals surface area contributed by atoms with Crippen LogP contribution in [0, 0.1) is 0 Å². The Balaban J connectivity index is 4.67. The van der Waals surface area contributed by atoms with Crippen molar-refractivity contribution in [2.24, 2.45) is 5.73 Å². The molecule has 17 heavy (non-hydrogen) atoms. The van der Waals surface area contributed by atoms with Crippen LogP contribution in [0.3, 0.4) is 0 Å². The number of unbranched alkanes of at least 4 members (excludes halogenated alkanes) is 1. The topological polar surface area (TPSA) is 131 Å². The third-order valence-corrected chi connectivity index (χ3v) is 1.96. The molecule has 0 fully saturated rings. The van der Waals surface area contributed by atoms with Gasteiger partial charge >= 0.3 is 6.03 Å². The van der Waals surface area contributed by atoms with Crippen molar-refractivity contribution in [2.75, 3.05) is 6.61 Å².